The molecule has 0 aromatic carbocycles. The molecule has 0 saturated heterocycles. The number of pyridine rings is 1. The van der Waals surface area contributed by atoms with Crippen LogP contribution in [-0.2, 0) is 6.42 Å². The number of aromatic nitrogens is 1. The molecule has 4 heteroatoms. The van der Waals surface area contributed by atoms with E-state index in [0.29, 0.717) is 11.6 Å². The van der Waals surface area contributed by atoms with Gasteiger partial charge in [-0.1, -0.05) is 11.2 Å². The van der Waals surface area contributed by atoms with E-state index in [1.807, 2.05) is 12.1 Å². The highest BCUT2D eigenvalue weighted by molar-refractivity contribution is 6.00. The van der Waals surface area contributed by atoms with Crippen molar-refractivity contribution in [3.63, 3.8) is 0 Å². The molecule has 0 fully saturated rings. The van der Waals surface area contributed by atoms with E-state index < -0.39 is 0 Å². The SMILES string of the molecule is COc1ccc2c(n1)C(=NO)CCC2. The van der Waals surface area contributed by atoms with Crippen molar-refractivity contribution >= 4 is 5.71 Å². The van der Waals surface area contributed by atoms with E-state index in [9.17, 15) is 0 Å². The number of hydrogen-bond donors (Lipinski definition) is 1. The Morgan fingerprint density at radius 3 is 3.00 bits per heavy atom. The van der Waals surface area contributed by atoms with E-state index in [1.54, 1.807) is 7.11 Å². The number of aryl methyl sites for hydroxylation is 1. The number of oxime groups is 1. The maximum Gasteiger partial charge on any atom is 0.213 e. The highest BCUT2D eigenvalue weighted by atomic mass is 16.5. The quantitative estimate of drug-likeness (QED) is 0.543. The molecule has 1 aromatic rings. The summed E-state index contributed by atoms with van der Waals surface area (Å²) in [7, 11) is 1.58. The molecule has 2 rings (SSSR count). The fourth-order valence-corrected chi connectivity index (χ4v) is 1.70. The smallest absolute Gasteiger partial charge is 0.213 e. The number of rotatable bonds is 1. The van der Waals surface area contributed by atoms with Crippen LogP contribution in [0.15, 0.2) is 17.3 Å². The van der Waals surface area contributed by atoms with Gasteiger partial charge in [0.05, 0.1) is 12.8 Å². The van der Waals surface area contributed by atoms with Gasteiger partial charge in [-0.3, -0.25) is 0 Å². The molecule has 1 aliphatic rings. The lowest BCUT2D eigenvalue weighted by atomic mass is 9.94. The summed E-state index contributed by atoms with van der Waals surface area (Å²) in [6.07, 6.45) is 2.79. The molecule has 0 unspecified atom stereocenters. The third-order valence-electron chi connectivity index (χ3n) is 2.42. The van der Waals surface area contributed by atoms with Crippen LogP contribution in [0.4, 0.5) is 0 Å². The van der Waals surface area contributed by atoms with Crippen molar-refractivity contribution in [1.29, 1.82) is 0 Å². The summed E-state index contributed by atoms with van der Waals surface area (Å²) < 4.78 is 5.03. The molecule has 0 amide bonds. The minimum Gasteiger partial charge on any atom is -0.481 e. The maximum absolute atomic E-state index is 8.81. The highest BCUT2D eigenvalue weighted by Crippen LogP contribution is 2.22. The number of fused-ring (bicyclic) bond motifs is 1. The van der Waals surface area contributed by atoms with Crippen LogP contribution >= 0.6 is 0 Å². The molecule has 1 aliphatic carbocycles. The largest absolute Gasteiger partial charge is 0.481 e. The van der Waals surface area contributed by atoms with Crippen molar-refractivity contribution in [2.24, 2.45) is 5.16 Å². The Bertz CT molecular complexity index is 374. The summed E-state index contributed by atoms with van der Waals surface area (Å²) in [5.41, 5.74) is 2.56. The molecule has 1 N–H and O–H groups in total. The Kier molecular flexibility index (Phi) is 2.35. The number of nitrogens with zero attached hydrogens (tertiary/aromatic N) is 2. The zero-order chi connectivity index (χ0) is 9.97. The minimum absolute atomic E-state index is 0.562. The third-order valence-corrected chi connectivity index (χ3v) is 2.42. The first kappa shape index (κ1) is 8.99. The van der Waals surface area contributed by atoms with Crippen molar-refractivity contribution in [2.45, 2.75) is 19.3 Å². The Hall–Kier alpha value is -1.58. The Balaban J connectivity index is 2.49. The van der Waals surface area contributed by atoms with Crippen LogP contribution in [0, 0.1) is 0 Å². The van der Waals surface area contributed by atoms with Gasteiger partial charge in [0.2, 0.25) is 5.88 Å². The Morgan fingerprint density at radius 2 is 2.29 bits per heavy atom. The molecule has 74 valence electrons. The van der Waals surface area contributed by atoms with Gasteiger partial charge in [-0.05, 0) is 24.8 Å². The van der Waals surface area contributed by atoms with Gasteiger partial charge < -0.3 is 9.94 Å². The van der Waals surface area contributed by atoms with Crippen LogP contribution in [0.2, 0.25) is 0 Å². The molecule has 0 bridgehead atoms. The Morgan fingerprint density at radius 1 is 1.43 bits per heavy atom. The Labute approximate surface area is 82.2 Å². The average Bonchev–Trinajstić information content (AvgIpc) is 2.27. The monoisotopic (exact) mass is 192 g/mol. The summed E-state index contributed by atoms with van der Waals surface area (Å²) in [6, 6.07) is 3.81. The summed E-state index contributed by atoms with van der Waals surface area (Å²) in [6.45, 7) is 0. The van der Waals surface area contributed by atoms with E-state index >= 15 is 0 Å². The molecule has 4 nitrogen and oxygen atoms in total. The first-order chi connectivity index (χ1) is 6.85. The van der Waals surface area contributed by atoms with Gasteiger partial charge in [0, 0.05) is 6.07 Å². The molecule has 0 saturated carbocycles. The summed E-state index contributed by atoms with van der Waals surface area (Å²) in [4.78, 5) is 4.27. The second-order valence-electron chi connectivity index (χ2n) is 3.26. The van der Waals surface area contributed by atoms with Crippen molar-refractivity contribution in [1.82, 2.24) is 4.98 Å². The molecule has 0 atom stereocenters. The summed E-state index contributed by atoms with van der Waals surface area (Å²) in [5.74, 6) is 0.562. The molecule has 0 radical (unpaired) electrons. The van der Waals surface area contributed by atoms with E-state index in [1.165, 1.54) is 0 Å². The van der Waals surface area contributed by atoms with Gasteiger partial charge in [-0.2, -0.15) is 0 Å². The molecule has 1 heterocycles. The molecular weight excluding hydrogens is 180 g/mol. The second-order valence-corrected chi connectivity index (χ2v) is 3.26. The van der Waals surface area contributed by atoms with Crippen molar-refractivity contribution in [3.8, 4) is 5.88 Å². The standard InChI is InChI=1S/C10H12N2O2/c1-14-9-6-5-7-3-2-4-8(12-13)10(7)11-9/h5-6,13H,2-4H2,1H3. The predicted molar refractivity (Wildman–Crippen MR) is 52.1 cm³/mol. The average molecular weight is 192 g/mol. The van der Waals surface area contributed by atoms with Crippen LogP contribution in [-0.4, -0.2) is 23.0 Å². The van der Waals surface area contributed by atoms with E-state index in [-0.39, 0.29) is 0 Å². The number of ether oxygens (including phenoxy) is 1. The van der Waals surface area contributed by atoms with Gasteiger partial charge in [0.25, 0.3) is 0 Å². The second kappa shape index (κ2) is 3.65. The molecule has 0 spiro atoms. The van der Waals surface area contributed by atoms with Crippen molar-refractivity contribution in [3.05, 3.63) is 23.4 Å². The van der Waals surface area contributed by atoms with Gasteiger partial charge in [0.1, 0.15) is 5.71 Å². The summed E-state index contributed by atoms with van der Waals surface area (Å²) >= 11 is 0. The lowest BCUT2D eigenvalue weighted by molar-refractivity contribution is 0.317. The lowest BCUT2D eigenvalue weighted by Gasteiger charge is -2.15. The first-order valence-corrected chi connectivity index (χ1v) is 4.60. The molecule has 14 heavy (non-hydrogen) atoms. The first-order valence-electron chi connectivity index (χ1n) is 4.60. The molecule has 1 aromatic heterocycles. The topological polar surface area (TPSA) is 54.7 Å². The van der Waals surface area contributed by atoms with Gasteiger partial charge in [-0.25, -0.2) is 4.98 Å². The molecular formula is C10H12N2O2. The third kappa shape index (κ3) is 1.43. The zero-order valence-corrected chi connectivity index (χ0v) is 8.03. The van der Waals surface area contributed by atoms with Gasteiger partial charge in [-0.15, -0.1) is 0 Å². The minimum atomic E-state index is 0.562. The van der Waals surface area contributed by atoms with E-state index in [0.717, 1.165) is 30.5 Å². The van der Waals surface area contributed by atoms with Crippen molar-refractivity contribution < 1.29 is 9.94 Å². The van der Waals surface area contributed by atoms with Crippen LogP contribution in [0.1, 0.15) is 24.1 Å². The number of methoxy groups -OCH3 is 1. The summed E-state index contributed by atoms with van der Waals surface area (Å²) in [5, 5.41) is 12.1. The van der Waals surface area contributed by atoms with Crippen LogP contribution in [0.5, 0.6) is 5.88 Å². The van der Waals surface area contributed by atoms with Crippen LogP contribution in [0.3, 0.4) is 0 Å². The number of hydrogen-bond acceptors (Lipinski definition) is 4. The van der Waals surface area contributed by atoms with Crippen LogP contribution in [0.25, 0.3) is 0 Å². The van der Waals surface area contributed by atoms with E-state index in [2.05, 4.69) is 10.1 Å². The molecule has 0 aliphatic heterocycles. The van der Waals surface area contributed by atoms with Gasteiger partial charge in [0.15, 0.2) is 0 Å². The fourth-order valence-electron chi connectivity index (χ4n) is 1.70. The van der Waals surface area contributed by atoms with Crippen molar-refractivity contribution in [2.75, 3.05) is 7.11 Å². The van der Waals surface area contributed by atoms with E-state index in [4.69, 9.17) is 9.94 Å². The van der Waals surface area contributed by atoms with Crippen LogP contribution < -0.4 is 4.74 Å². The normalized spacial score (nSPS) is 17.9. The highest BCUT2D eigenvalue weighted by Gasteiger charge is 2.17. The predicted octanol–water partition coefficient (Wildman–Crippen LogP) is 1.60. The zero-order valence-electron chi connectivity index (χ0n) is 8.03. The maximum atomic E-state index is 8.81. The fraction of sp³-hybridized carbons (Fsp3) is 0.400. The lowest BCUT2D eigenvalue weighted by Crippen LogP contribution is -2.14. The van der Waals surface area contributed by atoms with Gasteiger partial charge >= 0.3 is 0 Å².